The third kappa shape index (κ3) is 2.79. The SMILES string of the molecule is COCCNC(C)c1c(C)nn(C)c1C. The molecule has 4 heteroatoms. The normalized spacial score (nSPS) is 13.1. The van der Waals surface area contributed by atoms with Gasteiger partial charge >= 0.3 is 0 Å². The highest BCUT2D eigenvalue weighted by Gasteiger charge is 2.15. The van der Waals surface area contributed by atoms with Crippen molar-refractivity contribution in [1.29, 1.82) is 0 Å². The Morgan fingerprint density at radius 1 is 1.47 bits per heavy atom. The molecule has 1 rings (SSSR count). The quantitative estimate of drug-likeness (QED) is 0.747. The Kier molecular flexibility index (Phi) is 4.29. The van der Waals surface area contributed by atoms with Crippen LogP contribution in [0.15, 0.2) is 0 Å². The summed E-state index contributed by atoms with van der Waals surface area (Å²) in [6, 6.07) is 0.328. The molecule has 1 aromatic rings. The van der Waals surface area contributed by atoms with Crippen LogP contribution in [-0.4, -0.2) is 30.0 Å². The Morgan fingerprint density at radius 3 is 2.60 bits per heavy atom. The van der Waals surface area contributed by atoms with Crippen molar-refractivity contribution in [3.63, 3.8) is 0 Å². The zero-order chi connectivity index (χ0) is 11.4. The predicted molar refractivity (Wildman–Crippen MR) is 61.0 cm³/mol. The minimum Gasteiger partial charge on any atom is -0.383 e. The van der Waals surface area contributed by atoms with Gasteiger partial charge in [-0.25, -0.2) is 0 Å². The molecule has 86 valence electrons. The van der Waals surface area contributed by atoms with E-state index in [2.05, 4.69) is 31.2 Å². The summed E-state index contributed by atoms with van der Waals surface area (Å²) in [4.78, 5) is 0. The lowest BCUT2D eigenvalue weighted by Crippen LogP contribution is -2.23. The first-order valence-corrected chi connectivity index (χ1v) is 5.30. The van der Waals surface area contributed by atoms with E-state index in [4.69, 9.17) is 4.74 Å². The van der Waals surface area contributed by atoms with E-state index in [1.807, 2.05) is 11.7 Å². The zero-order valence-electron chi connectivity index (χ0n) is 10.3. The molecular formula is C11H21N3O. The van der Waals surface area contributed by atoms with E-state index < -0.39 is 0 Å². The average molecular weight is 211 g/mol. The van der Waals surface area contributed by atoms with Gasteiger partial charge in [-0.05, 0) is 20.8 Å². The van der Waals surface area contributed by atoms with Crippen LogP contribution in [0.2, 0.25) is 0 Å². The van der Waals surface area contributed by atoms with Crippen LogP contribution in [0.4, 0.5) is 0 Å². The second kappa shape index (κ2) is 5.28. The van der Waals surface area contributed by atoms with Crippen molar-refractivity contribution in [3.05, 3.63) is 17.0 Å². The van der Waals surface area contributed by atoms with Crippen LogP contribution >= 0.6 is 0 Å². The second-order valence-corrected chi connectivity index (χ2v) is 3.88. The van der Waals surface area contributed by atoms with Gasteiger partial charge in [0.15, 0.2) is 0 Å². The predicted octanol–water partition coefficient (Wildman–Crippen LogP) is 1.33. The van der Waals surface area contributed by atoms with Crippen molar-refractivity contribution < 1.29 is 4.74 Å². The van der Waals surface area contributed by atoms with E-state index in [0.29, 0.717) is 6.04 Å². The Bertz CT molecular complexity index is 320. The Balaban J connectivity index is 2.68. The molecule has 15 heavy (non-hydrogen) atoms. The van der Waals surface area contributed by atoms with Crippen molar-refractivity contribution in [2.24, 2.45) is 7.05 Å². The first-order chi connectivity index (χ1) is 7.07. The van der Waals surface area contributed by atoms with Gasteiger partial charge in [0.25, 0.3) is 0 Å². The molecule has 0 aliphatic rings. The molecule has 0 spiro atoms. The molecule has 1 atom stereocenters. The van der Waals surface area contributed by atoms with Crippen molar-refractivity contribution in [1.82, 2.24) is 15.1 Å². The summed E-state index contributed by atoms with van der Waals surface area (Å²) in [5.41, 5.74) is 3.63. The first-order valence-electron chi connectivity index (χ1n) is 5.30. The fraction of sp³-hybridized carbons (Fsp3) is 0.727. The lowest BCUT2D eigenvalue weighted by Gasteiger charge is -2.14. The van der Waals surface area contributed by atoms with Gasteiger partial charge in [-0.3, -0.25) is 4.68 Å². The van der Waals surface area contributed by atoms with Gasteiger partial charge in [-0.15, -0.1) is 0 Å². The lowest BCUT2D eigenvalue weighted by molar-refractivity contribution is 0.196. The second-order valence-electron chi connectivity index (χ2n) is 3.88. The van der Waals surface area contributed by atoms with Gasteiger partial charge in [0.05, 0.1) is 12.3 Å². The van der Waals surface area contributed by atoms with Crippen LogP contribution in [0.3, 0.4) is 0 Å². The largest absolute Gasteiger partial charge is 0.383 e. The minimum atomic E-state index is 0.328. The van der Waals surface area contributed by atoms with E-state index in [-0.39, 0.29) is 0 Å². The van der Waals surface area contributed by atoms with Crippen molar-refractivity contribution in [2.75, 3.05) is 20.3 Å². The smallest absolute Gasteiger partial charge is 0.0644 e. The highest BCUT2D eigenvalue weighted by molar-refractivity contribution is 5.27. The first kappa shape index (κ1) is 12.2. The number of rotatable bonds is 5. The number of aryl methyl sites for hydroxylation is 2. The van der Waals surface area contributed by atoms with E-state index >= 15 is 0 Å². The maximum absolute atomic E-state index is 5.01. The number of methoxy groups -OCH3 is 1. The molecule has 1 aromatic heterocycles. The Labute approximate surface area is 91.6 Å². The van der Waals surface area contributed by atoms with Crippen LogP contribution in [0, 0.1) is 13.8 Å². The van der Waals surface area contributed by atoms with Gasteiger partial charge in [0, 0.05) is 38.0 Å². The molecule has 0 radical (unpaired) electrons. The van der Waals surface area contributed by atoms with Crippen LogP contribution in [-0.2, 0) is 11.8 Å². The molecule has 1 N–H and O–H groups in total. The van der Waals surface area contributed by atoms with E-state index in [0.717, 1.165) is 18.8 Å². The molecule has 0 aliphatic heterocycles. The van der Waals surface area contributed by atoms with E-state index in [1.54, 1.807) is 7.11 Å². The molecule has 1 heterocycles. The summed E-state index contributed by atoms with van der Waals surface area (Å²) in [5, 5.41) is 7.82. The lowest BCUT2D eigenvalue weighted by atomic mass is 10.1. The number of hydrogen-bond donors (Lipinski definition) is 1. The summed E-state index contributed by atoms with van der Waals surface area (Å²) in [5.74, 6) is 0. The maximum atomic E-state index is 5.01. The molecule has 4 nitrogen and oxygen atoms in total. The van der Waals surface area contributed by atoms with Gasteiger partial charge in [0.1, 0.15) is 0 Å². The maximum Gasteiger partial charge on any atom is 0.0644 e. The van der Waals surface area contributed by atoms with Gasteiger partial charge in [0.2, 0.25) is 0 Å². The topological polar surface area (TPSA) is 39.1 Å². The van der Waals surface area contributed by atoms with Gasteiger partial charge < -0.3 is 10.1 Å². The number of nitrogens with one attached hydrogen (secondary N) is 1. The monoisotopic (exact) mass is 211 g/mol. The van der Waals surface area contributed by atoms with Crippen molar-refractivity contribution in [3.8, 4) is 0 Å². The van der Waals surface area contributed by atoms with Gasteiger partial charge in [-0.2, -0.15) is 5.10 Å². The molecule has 0 bridgehead atoms. The van der Waals surface area contributed by atoms with Crippen molar-refractivity contribution >= 4 is 0 Å². The fourth-order valence-electron chi connectivity index (χ4n) is 1.90. The molecule has 0 amide bonds. The zero-order valence-corrected chi connectivity index (χ0v) is 10.3. The Morgan fingerprint density at radius 2 is 2.13 bits per heavy atom. The Hall–Kier alpha value is -0.870. The summed E-state index contributed by atoms with van der Waals surface area (Å²) in [6.45, 7) is 7.92. The third-order valence-corrected chi connectivity index (χ3v) is 2.75. The summed E-state index contributed by atoms with van der Waals surface area (Å²) < 4.78 is 6.94. The molecular weight excluding hydrogens is 190 g/mol. The third-order valence-electron chi connectivity index (χ3n) is 2.75. The van der Waals surface area contributed by atoms with Crippen molar-refractivity contribution in [2.45, 2.75) is 26.8 Å². The number of aromatic nitrogens is 2. The molecule has 0 aromatic carbocycles. The molecule has 0 saturated heterocycles. The molecule has 0 aliphatic carbocycles. The van der Waals surface area contributed by atoms with Crippen LogP contribution in [0.25, 0.3) is 0 Å². The van der Waals surface area contributed by atoms with Crippen LogP contribution < -0.4 is 5.32 Å². The van der Waals surface area contributed by atoms with E-state index in [1.165, 1.54) is 11.3 Å². The summed E-state index contributed by atoms with van der Waals surface area (Å²) in [7, 11) is 3.70. The highest BCUT2D eigenvalue weighted by atomic mass is 16.5. The number of hydrogen-bond acceptors (Lipinski definition) is 3. The van der Waals surface area contributed by atoms with Crippen LogP contribution in [0.1, 0.15) is 29.9 Å². The number of nitrogens with zero attached hydrogens (tertiary/aromatic N) is 2. The molecule has 0 saturated carbocycles. The number of ether oxygens (including phenoxy) is 1. The van der Waals surface area contributed by atoms with Gasteiger partial charge in [-0.1, -0.05) is 0 Å². The van der Waals surface area contributed by atoms with E-state index in [9.17, 15) is 0 Å². The standard InChI is InChI=1S/C11H21N3O/c1-8(12-6-7-15-5)11-9(2)13-14(4)10(11)3/h8,12H,6-7H2,1-5H3. The summed E-state index contributed by atoms with van der Waals surface area (Å²) >= 11 is 0. The van der Waals surface area contributed by atoms with Crippen LogP contribution in [0.5, 0.6) is 0 Å². The molecule has 0 fully saturated rings. The summed E-state index contributed by atoms with van der Waals surface area (Å²) in [6.07, 6.45) is 0. The average Bonchev–Trinajstić information content (AvgIpc) is 2.41. The minimum absolute atomic E-state index is 0.328. The highest BCUT2D eigenvalue weighted by Crippen LogP contribution is 2.20. The molecule has 1 unspecified atom stereocenters. The fourth-order valence-corrected chi connectivity index (χ4v) is 1.90.